The summed E-state index contributed by atoms with van der Waals surface area (Å²) in [4.78, 5) is 12.2. The third-order valence-corrected chi connectivity index (χ3v) is 1.53. The van der Waals surface area contributed by atoms with Gasteiger partial charge in [-0.25, -0.2) is 0 Å². The quantitative estimate of drug-likeness (QED) is 0.456. The van der Waals surface area contributed by atoms with Crippen molar-refractivity contribution >= 4 is 6.29 Å². The number of carbonyl (C=O) groups excluding carboxylic acids is 1. The zero-order valence-corrected chi connectivity index (χ0v) is 7.74. The van der Waals surface area contributed by atoms with Gasteiger partial charge in [-0.15, -0.1) is 0 Å². The van der Waals surface area contributed by atoms with Crippen LogP contribution in [0.5, 0.6) is 0 Å². The fourth-order valence-electron chi connectivity index (χ4n) is 1.08. The summed E-state index contributed by atoms with van der Waals surface area (Å²) in [6.07, 6.45) is 4.17. The molecular formula is C9H17NO. The van der Waals surface area contributed by atoms with E-state index in [-0.39, 0.29) is 0 Å². The summed E-state index contributed by atoms with van der Waals surface area (Å²) in [6, 6.07) is 0.900. The molecule has 0 fully saturated rings. The minimum Gasteiger partial charge on any atom is -0.372 e. The lowest BCUT2D eigenvalue weighted by atomic mass is 10.2. The fourth-order valence-corrected chi connectivity index (χ4v) is 1.08. The maximum Gasteiger partial charge on any atom is 0.144 e. The van der Waals surface area contributed by atoms with Crippen molar-refractivity contribution in [2.24, 2.45) is 0 Å². The zero-order valence-electron chi connectivity index (χ0n) is 7.74. The normalized spacial score (nSPS) is 11.5. The highest BCUT2D eigenvalue weighted by atomic mass is 16.1. The van der Waals surface area contributed by atoms with Crippen molar-refractivity contribution in [3.63, 3.8) is 0 Å². The highest BCUT2D eigenvalue weighted by molar-refractivity contribution is 5.64. The molecule has 0 aliphatic heterocycles. The molecule has 0 radical (unpaired) electrons. The largest absolute Gasteiger partial charge is 0.372 e. The highest BCUT2D eigenvalue weighted by Crippen LogP contribution is 2.04. The third kappa shape index (κ3) is 3.81. The summed E-state index contributed by atoms with van der Waals surface area (Å²) in [5.41, 5.74) is 0. The third-order valence-electron chi connectivity index (χ3n) is 1.53. The van der Waals surface area contributed by atoms with Crippen LogP contribution in [0.2, 0.25) is 0 Å². The number of nitrogens with zero attached hydrogens (tertiary/aromatic N) is 1. The van der Waals surface area contributed by atoms with Crippen LogP contribution >= 0.6 is 0 Å². The van der Waals surface area contributed by atoms with E-state index >= 15 is 0 Å². The summed E-state index contributed by atoms with van der Waals surface area (Å²) < 4.78 is 0. The Labute approximate surface area is 68.9 Å². The molecule has 0 rings (SSSR count). The predicted molar refractivity (Wildman–Crippen MR) is 47.3 cm³/mol. The zero-order chi connectivity index (χ0) is 8.85. The predicted octanol–water partition coefficient (Wildman–Crippen LogP) is 1.82. The van der Waals surface area contributed by atoms with Gasteiger partial charge in [0, 0.05) is 18.3 Å². The number of aldehydes is 1. The molecule has 2 nitrogen and oxygen atoms in total. The van der Waals surface area contributed by atoms with Crippen molar-refractivity contribution in [3.8, 4) is 0 Å². The van der Waals surface area contributed by atoms with Gasteiger partial charge in [0.25, 0.3) is 0 Å². The number of hydrogen-bond acceptors (Lipinski definition) is 2. The van der Waals surface area contributed by atoms with Gasteiger partial charge in [-0.3, -0.25) is 4.79 Å². The molecule has 64 valence electrons. The first-order valence-electron chi connectivity index (χ1n) is 3.99. The van der Waals surface area contributed by atoms with Crippen molar-refractivity contribution in [1.82, 2.24) is 4.90 Å². The molecule has 0 saturated heterocycles. The summed E-state index contributed by atoms with van der Waals surface area (Å²) >= 11 is 0. The Morgan fingerprint density at radius 1 is 1.09 bits per heavy atom. The Morgan fingerprint density at radius 3 is 1.82 bits per heavy atom. The van der Waals surface area contributed by atoms with Crippen LogP contribution in [0.15, 0.2) is 12.3 Å². The summed E-state index contributed by atoms with van der Waals surface area (Å²) in [6.45, 7) is 8.43. The highest BCUT2D eigenvalue weighted by Gasteiger charge is 2.06. The molecule has 0 aromatic rings. The summed E-state index contributed by atoms with van der Waals surface area (Å²) in [5.74, 6) is 0. The van der Waals surface area contributed by atoms with Crippen LogP contribution in [0.25, 0.3) is 0 Å². The average molecular weight is 155 g/mol. The molecule has 0 aromatic carbocycles. The lowest BCUT2D eigenvalue weighted by molar-refractivity contribution is -0.104. The van der Waals surface area contributed by atoms with Crippen LogP contribution in [-0.2, 0) is 4.79 Å². The molecule has 0 aromatic heterocycles. The first kappa shape index (κ1) is 10.2. The lowest BCUT2D eigenvalue weighted by Crippen LogP contribution is -2.31. The number of hydrogen-bond donors (Lipinski definition) is 0. The van der Waals surface area contributed by atoms with E-state index in [0.717, 1.165) is 6.29 Å². The topological polar surface area (TPSA) is 20.3 Å². The van der Waals surface area contributed by atoms with E-state index in [4.69, 9.17) is 0 Å². The molecule has 11 heavy (non-hydrogen) atoms. The van der Waals surface area contributed by atoms with E-state index in [2.05, 4.69) is 32.6 Å². The second kappa shape index (κ2) is 4.94. The van der Waals surface area contributed by atoms with E-state index in [9.17, 15) is 4.79 Å². The number of rotatable bonds is 4. The molecule has 0 bridgehead atoms. The van der Waals surface area contributed by atoms with Crippen molar-refractivity contribution in [1.29, 1.82) is 0 Å². The van der Waals surface area contributed by atoms with Crippen LogP contribution in [-0.4, -0.2) is 23.3 Å². The Balaban J connectivity index is 4.10. The molecule has 0 heterocycles. The van der Waals surface area contributed by atoms with Crippen LogP contribution in [0.4, 0.5) is 0 Å². The van der Waals surface area contributed by atoms with E-state index in [1.165, 1.54) is 6.08 Å². The van der Waals surface area contributed by atoms with E-state index in [1.54, 1.807) is 0 Å². The molecule has 0 unspecified atom stereocenters. The minimum absolute atomic E-state index is 0.450. The molecular weight excluding hydrogens is 138 g/mol. The van der Waals surface area contributed by atoms with Crippen LogP contribution in [0.1, 0.15) is 27.7 Å². The fraction of sp³-hybridized carbons (Fsp3) is 0.667. The van der Waals surface area contributed by atoms with Gasteiger partial charge in [0.2, 0.25) is 0 Å². The molecule has 0 aliphatic rings. The van der Waals surface area contributed by atoms with E-state index in [0.29, 0.717) is 12.1 Å². The molecule has 0 spiro atoms. The van der Waals surface area contributed by atoms with Gasteiger partial charge in [-0.05, 0) is 33.8 Å². The van der Waals surface area contributed by atoms with Gasteiger partial charge < -0.3 is 4.90 Å². The minimum atomic E-state index is 0.450. The Bertz CT molecular complexity index is 130. The monoisotopic (exact) mass is 155 g/mol. The van der Waals surface area contributed by atoms with Gasteiger partial charge >= 0.3 is 0 Å². The van der Waals surface area contributed by atoms with Crippen molar-refractivity contribution in [2.75, 3.05) is 0 Å². The first-order valence-corrected chi connectivity index (χ1v) is 3.99. The molecule has 0 amide bonds. The number of carbonyl (C=O) groups is 1. The lowest BCUT2D eigenvalue weighted by Gasteiger charge is -2.28. The average Bonchev–Trinajstić information content (AvgIpc) is 1.87. The molecule has 2 heteroatoms. The standard InChI is InChI=1S/C9H17NO/c1-8(2)10(9(3)4)6-5-7-11/h5-9H,1-4H3. The van der Waals surface area contributed by atoms with Crippen LogP contribution < -0.4 is 0 Å². The molecule has 0 aliphatic carbocycles. The van der Waals surface area contributed by atoms with E-state index in [1.807, 2.05) is 6.20 Å². The molecule has 0 saturated carbocycles. The van der Waals surface area contributed by atoms with E-state index < -0.39 is 0 Å². The second-order valence-electron chi connectivity index (χ2n) is 3.11. The van der Waals surface area contributed by atoms with Crippen molar-refractivity contribution in [2.45, 2.75) is 39.8 Å². The Hall–Kier alpha value is -0.790. The maximum atomic E-state index is 10.0. The Kier molecular flexibility index (Phi) is 4.59. The summed E-state index contributed by atoms with van der Waals surface area (Å²) in [5, 5.41) is 0. The smallest absolute Gasteiger partial charge is 0.144 e. The van der Waals surface area contributed by atoms with Gasteiger partial charge in [0.15, 0.2) is 0 Å². The van der Waals surface area contributed by atoms with Crippen LogP contribution in [0.3, 0.4) is 0 Å². The van der Waals surface area contributed by atoms with Gasteiger partial charge in [-0.2, -0.15) is 0 Å². The first-order chi connectivity index (χ1) is 5.09. The maximum absolute atomic E-state index is 10.0. The SMILES string of the molecule is CC(C)N(C=CC=O)C(C)C. The Morgan fingerprint density at radius 2 is 1.55 bits per heavy atom. The van der Waals surface area contributed by atoms with Gasteiger partial charge in [0.1, 0.15) is 6.29 Å². The van der Waals surface area contributed by atoms with Gasteiger partial charge in [-0.1, -0.05) is 0 Å². The van der Waals surface area contributed by atoms with Crippen molar-refractivity contribution in [3.05, 3.63) is 12.3 Å². The molecule has 0 atom stereocenters. The second-order valence-corrected chi connectivity index (χ2v) is 3.11. The summed E-state index contributed by atoms with van der Waals surface area (Å²) in [7, 11) is 0. The number of allylic oxidation sites excluding steroid dienone is 1. The molecule has 0 N–H and O–H groups in total. The van der Waals surface area contributed by atoms with Gasteiger partial charge in [0.05, 0.1) is 0 Å². The van der Waals surface area contributed by atoms with Crippen molar-refractivity contribution < 1.29 is 4.79 Å². The van der Waals surface area contributed by atoms with Crippen LogP contribution in [0, 0.1) is 0 Å².